The van der Waals surface area contributed by atoms with Gasteiger partial charge in [-0.3, -0.25) is 0 Å². The molecule has 0 amide bonds. The van der Waals surface area contributed by atoms with E-state index < -0.39 is 0 Å². The van der Waals surface area contributed by atoms with Crippen molar-refractivity contribution < 1.29 is 0 Å². The van der Waals surface area contributed by atoms with E-state index >= 15 is 0 Å². The molecule has 280 valence electrons. The van der Waals surface area contributed by atoms with Crippen molar-refractivity contribution in [2.24, 2.45) is 0 Å². The third-order valence-electron chi connectivity index (χ3n) is 11.6. The van der Waals surface area contributed by atoms with Crippen molar-refractivity contribution in [2.45, 2.75) is 0 Å². The Morgan fingerprint density at radius 2 is 0.900 bits per heavy atom. The first kappa shape index (κ1) is 34.3. The van der Waals surface area contributed by atoms with Crippen LogP contribution < -0.4 is 0 Å². The summed E-state index contributed by atoms with van der Waals surface area (Å²) in [5.41, 5.74) is 10.5. The highest BCUT2D eigenvalue weighted by molar-refractivity contribution is 7.26. The first-order valence-electron chi connectivity index (χ1n) is 20.2. The van der Waals surface area contributed by atoms with Gasteiger partial charge in [0.1, 0.15) is 0 Å². The number of thiophene rings is 1. The van der Waals surface area contributed by atoms with Gasteiger partial charge in [0.05, 0.1) is 16.7 Å². The Morgan fingerprint density at radius 1 is 0.333 bits per heavy atom. The largest absolute Gasteiger partial charge is 0.308 e. The van der Waals surface area contributed by atoms with Gasteiger partial charge in [-0.05, 0) is 75.5 Å². The molecule has 0 unspecified atom stereocenters. The molecule has 3 aromatic heterocycles. The van der Waals surface area contributed by atoms with E-state index in [9.17, 15) is 0 Å². The Bertz CT molecular complexity index is 3550. The van der Waals surface area contributed by atoms with Crippen molar-refractivity contribution in [2.75, 3.05) is 0 Å². The van der Waals surface area contributed by atoms with Gasteiger partial charge in [-0.25, -0.2) is 15.0 Å². The van der Waals surface area contributed by atoms with Crippen LogP contribution >= 0.6 is 11.3 Å². The SMILES string of the molecule is c1ccc(-c2ccc(-c3nc(-c4ccccc4)nc(-c4cccc(-c5ccc6sc7c8ccccc8ccc7c6c5)c4)n3)c(-n3c4ccccc4c4ccccc43)c2)cc1. The van der Waals surface area contributed by atoms with Crippen LogP contribution in [0.25, 0.3) is 115 Å². The maximum atomic E-state index is 5.34. The van der Waals surface area contributed by atoms with Crippen LogP contribution in [0.15, 0.2) is 206 Å². The summed E-state index contributed by atoms with van der Waals surface area (Å²) in [6, 6.07) is 73.3. The number of benzene rings is 9. The van der Waals surface area contributed by atoms with Gasteiger partial charge < -0.3 is 4.57 Å². The molecule has 60 heavy (non-hydrogen) atoms. The Labute approximate surface area is 350 Å². The van der Waals surface area contributed by atoms with E-state index in [4.69, 9.17) is 15.0 Å². The molecule has 12 aromatic rings. The molecule has 4 nitrogen and oxygen atoms in total. The number of hydrogen-bond acceptors (Lipinski definition) is 4. The summed E-state index contributed by atoms with van der Waals surface area (Å²) in [4.78, 5) is 15.8. The summed E-state index contributed by atoms with van der Waals surface area (Å²) < 4.78 is 4.98. The first-order chi connectivity index (χ1) is 29.7. The summed E-state index contributed by atoms with van der Waals surface area (Å²) in [7, 11) is 0. The fraction of sp³-hybridized carbons (Fsp3) is 0. The molecule has 0 N–H and O–H groups in total. The van der Waals surface area contributed by atoms with Crippen molar-refractivity contribution >= 4 is 64.1 Å². The lowest BCUT2D eigenvalue weighted by Gasteiger charge is -2.16. The number of para-hydroxylation sites is 2. The molecular weight excluding hydrogens is 749 g/mol. The molecule has 0 radical (unpaired) electrons. The van der Waals surface area contributed by atoms with Crippen LogP contribution in [0.2, 0.25) is 0 Å². The van der Waals surface area contributed by atoms with E-state index in [1.165, 1.54) is 41.7 Å². The minimum Gasteiger partial charge on any atom is -0.308 e. The van der Waals surface area contributed by atoms with Crippen LogP contribution in [0.5, 0.6) is 0 Å². The molecule has 0 aliphatic rings. The number of rotatable bonds is 6. The third-order valence-corrected chi connectivity index (χ3v) is 12.9. The fourth-order valence-corrected chi connectivity index (χ4v) is 9.98. The van der Waals surface area contributed by atoms with Crippen molar-refractivity contribution in [1.29, 1.82) is 0 Å². The van der Waals surface area contributed by atoms with E-state index in [-0.39, 0.29) is 0 Å². The van der Waals surface area contributed by atoms with Gasteiger partial charge in [0.15, 0.2) is 17.5 Å². The second-order valence-corrected chi connectivity index (χ2v) is 16.2. The molecule has 0 saturated carbocycles. The van der Waals surface area contributed by atoms with Crippen molar-refractivity contribution in [1.82, 2.24) is 19.5 Å². The highest BCUT2D eigenvalue weighted by atomic mass is 32.1. The van der Waals surface area contributed by atoms with E-state index in [1.54, 1.807) is 0 Å². The lowest BCUT2D eigenvalue weighted by atomic mass is 9.99. The lowest BCUT2D eigenvalue weighted by Crippen LogP contribution is -2.04. The van der Waals surface area contributed by atoms with Gasteiger partial charge in [-0.15, -0.1) is 11.3 Å². The second kappa shape index (κ2) is 14.0. The smallest absolute Gasteiger partial charge is 0.166 e. The van der Waals surface area contributed by atoms with Gasteiger partial charge >= 0.3 is 0 Å². The van der Waals surface area contributed by atoms with Crippen LogP contribution in [-0.4, -0.2) is 19.5 Å². The second-order valence-electron chi connectivity index (χ2n) is 15.2. The third kappa shape index (κ3) is 5.70. The molecule has 0 bridgehead atoms. The molecular formula is C55H34N4S. The normalized spacial score (nSPS) is 11.7. The first-order valence-corrected chi connectivity index (χ1v) is 21.0. The predicted octanol–water partition coefficient (Wildman–Crippen LogP) is 14.8. The molecule has 0 aliphatic carbocycles. The minimum atomic E-state index is 0.610. The predicted molar refractivity (Wildman–Crippen MR) is 252 cm³/mol. The van der Waals surface area contributed by atoms with Crippen LogP contribution in [0.4, 0.5) is 0 Å². The number of nitrogens with zero attached hydrogens (tertiary/aromatic N) is 4. The Morgan fingerprint density at radius 3 is 1.67 bits per heavy atom. The van der Waals surface area contributed by atoms with E-state index in [1.807, 2.05) is 29.5 Å². The molecule has 9 aromatic carbocycles. The Hall–Kier alpha value is -7.73. The summed E-state index contributed by atoms with van der Waals surface area (Å²) >= 11 is 1.87. The van der Waals surface area contributed by atoms with E-state index in [0.29, 0.717) is 17.5 Å². The summed E-state index contributed by atoms with van der Waals surface area (Å²) in [6.07, 6.45) is 0. The van der Waals surface area contributed by atoms with Crippen molar-refractivity contribution in [3.63, 3.8) is 0 Å². The Kier molecular flexibility index (Phi) is 8.00. The molecule has 0 saturated heterocycles. The number of hydrogen-bond donors (Lipinski definition) is 0. The number of fused-ring (bicyclic) bond motifs is 8. The minimum absolute atomic E-state index is 0.610. The average molecular weight is 783 g/mol. The fourth-order valence-electron chi connectivity index (χ4n) is 8.76. The monoisotopic (exact) mass is 782 g/mol. The van der Waals surface area contributed by atoms with Gasteiger partial charge in [0.25, 0.3) is 0 Å². The summed E-state index contributed by atoms with van der Waals surface area (Å²) in [6.45, 7) is 0. The van der Waals surface area contributed by atoms with Crippen LogP contribution in [0, 0.1) is 0 Å². The zero-order chi connectivity index (χ0) is 39.6. The molecule has 12 rings (SSSR count). The zero-order valence-electron chi connectivity index (χ0n) is 32.3. The number of aromatic nitrogens is 4. The standard InChI is InChI=1S/C55H34N4S/c1-3-14-35(15-4-1)40-27-30-46(50(34-40)59-48-24-11-9-22-43(48)44-23-10-12-25-49(44)59)55-57-53(37-17-5-2-6-18-37)56-54(58-55)41-20-13-19-38(32-41)39-28-31-51-47(33-39)45-29-26-36-16-7-8-21-42(36)52(45)60-51/h1-34H. The van der Waals surface area contributed by atoms with Crippen LogP contribution in [0.3, 0.4) is 0 Å². The van der Waals surface area contributed by atoms with E-state index in [0.717, 1.165) is 55.7 Å². The van der Waals surface area contributed by atoms with Crippen LogP contribution in [-0.2, 0) is 0 Å². The molecule has 0 fully saturated rings. The van der Waals surface area contributed by atoms with Gasteiger partial charge in [0.2, 0.25) is 0 Å². The molecule has 3 heterocycles. The highest BCUT2D eigenvalue weighted by Gasteiger charge is 2.21. The molecule has 0 aliphatic heterocycles. The van der Waals surface area contributed by atoms with Gasteiger partial charge in [-0.2, -0.15) is 0 Å². The average Bonchev–Trinajstić information content (AvgIpc) is 3.88. The lowest BCUT2D eigenvalue weighted by molar-refractivity contribution is 1.06. The van der Waals surface area contributed by atoms with Crippen molar-refractivity contribution in [3.05, 3.63) is 206 Å². The molecule has 0 spiro atoms. The topological polar surface area (TPSA) is 43.6 Å². The molecule has 5 heteroatoms. The van der Waals surface area contributed by atoms with Crippen molar-refractivity contribution in [3.8, 4) is 62.1 Å². The highest BCUT2D eigenvalue weighted by Crippen LogP contribution is 2.41. The molecule has 0 atom stereocenters. The summed E-state index contributed by atoms with van der Waals surface area (Å²) in [5.74, 6) is 1.85. The van der Waals surface area contributed by atoms with E-state index in [2.05, 4.69) is 193 Å². The maximum Gasteiger partial charge on any atom is 0.166 e. The zero-order valence-corrected chi connectivity index (χ0v) is 33.1. The van der Waals surface area contributed by atoms with Crippen LogP contribution in [0.1, 0.15) is 0 Å². The summed E-state index contributed by atoms with van der Waals surface area (Å²) in [5, 5.41) is 7.53. The van der Waals surface area contributed by atoms with Gasteiger partial charge in [-0.1, -0.05) is 164 Å². The quantitative estimate of drug-likeness (QED) is 0.169. The maximum absolute atomic E-state index is 5.34. The van der Waals surface area contributed by atoms with Gasteiger partial charge in [0, 0.05) is 47.6 Å². The Balaban J connectivity index is 1.05.